The molecule has 1 aromatic carbocycles. The Kier molecular flexibility index (Phi) is 5.19. The van der Waals surface area contributed by atoms with Crippen LogP contribution in [0, 0.1) is 0 Å². The SMILES string of the molecule is COC(=O)CCc1cn(C)c2cc(O[Si](C)(C)C(C)C)ccc12. The third-order valence-electron chi connectivity index (χ3n) is 4.64. The first-order chi connectivity index (χ1) is 10.7. The van der Waals surface area contributed by atoms with Crippen LogP contribution in [0.3, 0.4) is 0 Å². The van der Waals surface area contributed by atoms with Gasteiger partial charge in [-0.2, -0.15) is 0 Å². The van der Waals surface area contributed by atoms with E-state index in [1.807, 2.05) is 13.1 Å². The van der Waals surface area contributed by atoms with E-state index in [1.165, 1.54) is 18.1 Å². The van der Waals surface area contributed by atoms with Gasteiger partial charge in [0.15, 0.2) is 0 Å². The third kappa shape index (κ3) is 3.96. The van der Waals surface area contributed by atoms with Gasteiger partial charge < -0.3 is 13.7 Å². The first kappa shape index (κ1) is 17.6. The minimum Gasteiger partial charge on any atom is -0.544 e. The summed E-state index contributed by atoms with van der Waals surface area (Å²) in [5, 5.41) is 1.17. The van der Waals surface area contributed by atoms with Crippen molar-refractivity contribution < 1.29 is 14.0 Å². The fourth-order valence-corrected chi connectivity index (χ4v) is 3.44. The summed E-state index contributed by atoms with van der Waals surface area (Å²) in [4.78, 5) is 11.4. The van der Waals surface area contributed by atoms with Crippen LogP contribution < -0.4 is 4.43 Å². The van der Waals surface area contributed by atoms with Crippen molar-refractivity contribution in [1.82, 2.24) is 4.57 Å². The maximum atomic E-state index is 11.4. The van der Waals surface area contributed by atoms with Crippen LogP contribution in [0.2, 0.25) is 18.6 Å². The van der Waals surface area contributed by atoms with Gasteiger partial charge in [0.25, 0.3) is 0 Å². The van der Waals surface area contributed by atoms with Gasteiger partial charge in [-0.05, 0) is 42.8 Å². The average Bonchev–Trinajstić information content (AvgIpc) is 2.80. The second-order valence-electron chi connectivity index (χ2n) is 6.88. The summed E-state index contributed by atoms with van der Waals surface area (Å²) in [7, 11) is 1.73. The molecule has 4 nitrogen and oxygen atoms in total. The number of aryl methyl sites for hydroxylation is 2. The molecule has 0 fully saturated rings. The predicted molar refractivity (Wildman–Crippen MR) is 96.5 cm³/mol. The van der Waals surface area contributed by atoms with Crippen molar-refractivity contribution in [2.45, 2.75) is 45.3 Å². The molecule has 2 aromatic rings. The molecule has 0 saturated heterocycles. The molecule has 126 valence electrons. The second-order valence-corrected chi connectivity index (χ2v) is 11.4. The molecule has 2 rings (SSSR count). The Morgan fingerprint density at radius 3 is 2.61 bits per heavy atom. The minimum absolute atomic E-state index is 0.174. The van der Waals surface area contributed by atoms with E-state index in [4.69, 9.17) is 9.16 Å². The number of esters is 1. The van der Waals surface area contributed by atoms with Gasteiger partial charge in [0.2, 0.25) is 8.32 Å². The van der Waals surface area contributed by atoms with Gasteiger partial charge >= 0.3 is 5.97 Å². The summed E-state index contributed by atoms with van der Waals surface area (Å²) in [6.07, 6.45) is 3.18. The van der Waals surface area contributed by atoms with E-state index in [9.17, 15) is 4.79 Å². The van der Waals surface area contributed by atoms with Gasteiger partial charge in [0.05, 0.1) is 12.6 Å². The number of ether oxygens (including phenoxy) is 1. The van der Waals surface area contributed by atoms with E-state index in [-0.39, 0.29) is 5.97 Å². The smallest absolute Gasteiger partial charge is 0.305 e. The molecule has 1 aromatic heterocycles. The van der Waals surface area contributed by atoms with Crippen LogP contribution in [-0.2, 0) is 23.0 Å². The van der Waals surface area contributed by atoms with E-state index < -0.39 is 8.32 Å². The Morgan fingerprint density at radius 2 is 2.00 bits per heavy atom. The zero-order valence-corrected chi connectivity index (χ0v) is 16.0. The maximum absolute atomic E-state index is 11.4. The van der Waals surface area contributed by atoms with Crippen molar-refractivity contribution in [3.05, 3.63) is 30.0 Å². The normalized spacial score (nSPS) is 12.0. The first-order valence-corrected chi connectivity index (χ1v) is 11.1. The Hall–Kier alpha value is -1.75. The number of nitrogens with zero attached hydrogens (tertiary/aromatic N) is 1. The van der Waals surface area contributed by atoms with Gasteiger partial charge in [-0.15, -0.1) is 0 Å². The Bertz CT molecular complexity index is 704. The number of methoxy groups -OCH3 is 1. The number of carbonyl (C=O) groups excluding carboxylic acids is 1. The van der Waals surface area contributed by atoms with Crippen LogP contribution in [0.5, 0.6) is 5.75 Å². The molecule has 0 saturated carbocycles. The van der Waals surface area contributed by atoms with Gasteiger partial charge in [-0.25, -0.2) is 0 Å². The predicted octanol–water partition coefficient (Wildman–Crippen LogP) is 4.28. The zero-order chi connectivity index (χ0) is 17.2. The molecule has 5 heteroatoms. The molecule has 0 bridgehead atoms. The van der Waals surface area contributed by atoms with E-state index >= 15 is 0 Å². The number of carbonyl (C=O) groups is 1. The van der Waals surface area contributed by atoms with Crippen molar-refractivity contribution >= 4 is 25.2 Å². The fraction of sp³-hybridized carbons (Fsp3) is 0.500. The molecule has 0 aliphatic carbocycles. The van der Waals surface area contributed by atoms with E-state index in [2.05, 4.69) is 49.8 Å². The largest absolute Gasteiger partial charge is 0.544 e. The third-order valence-corrected chi connectivity index (χ3v) is 8.18. The number of rotatable bonds is 6. The number of aromatic nitrogens is 1. The van der Waals surface area contributed by atoms with Crippen molar-refractivity contribution in [2.24, 2.45) is 7.05 Å². The Balaban J connectivity index is 2.27. The molecule has 1 heterocycles. The summed E-state index contributed by atoms with van der Waals surface area (Å²) >= 11 is 0. The summed E-state index contributed by atoms with van der Waals surface area (Å²) in [5.74, 6) is 0.759. The molecule has 0 N–H and O–H groups in total. The lowest BCUT2D eigenvalue weighted by molar-refractivity contribution is -0.140. The Labute approximate surface area is 139 Å². The summed E-state index contributed by atoms with van der Waals surface area (Å²) in [6, 6.07) is 6.25. The van der Waals surface area contributed by atoms with E-state index in [0.29, 0.717) is 18.4 Å². The van der Waals surface area contributed by atoms with Crippen LogP contribution in [0.4, 0.5) is 0 Å². The molecule has 0 atom stereocenters. The number of fused-ring (bicyclic) bond motifs is 1. The van der Waals surface area contributed by atoms with Gasteiger partial charge in [0.1, 0.15) is 5.75 Å². The number of benzene rings is 1. The lowest BCUT2D eigenvalue weighted by Crippen LogP contribution is -2.37. The van der Waals surface area contributed by atoms with Gasteiger partial charge in [0, 0.05) is 31.1 Å². The van der Waals surface area contributed by atoms with Gasteiger partial charge in [-0.1, -0.05) is 13.8 Å². The maximum Gasteiger partial charge on any atom is 0.305 e. The molecule has 0 amide bonds. The molecule has 0 unspecified atom stereocenters. The summed E-state index contributed by atoms with van der Waals surface area (Å²) in [6.45, 7) is 8.93. The fourth-order valence-electron chi connectivity index (χ4n) is 2.47. The molecule has 0 spiro atoms. The highest BCUT2D eigenvalue weighted by molar-refractivity contribution is 6.73. The highest BCUT2D eigenvalue weighted by Gasteiger charge is 2.29. The second kappa shape index (κ2) is 6.79. The molecule has 23 heavy (non-hydrogen) atoms. The minimum atomic E-state index is -1.72. The van der Waals surface area contributed by atoms with E-state index in [0.717, 1.165) is 11.3 Å². The quantitative estimate of drug-likeness (QED) is 0.585. The van der Waals surface area contributed by atoms with Gasteiger partial charge in [-0.3, -0.25) is 4.79 Å². The van der Waals surface area contributed by atoms with Crippen molar-refractivity contribution in [1.29, 1.82) is 0 Å². The molecule has 0 aliphatic rings. The molecular formula is C18H27NO3Si. The van der Waals surface area contributed by atoms with Crippen molar-refractivity contribution in [3.8, 4) is 5.75 Å². The lowest BCUT2D eigenvalue weighted by Gasteiger charge is -2.28. The first-order valence-electron chi connectivity index (χ1n) is 8.08. The highest BCUT2D eigenvalue weighted by atomic mass is 28.4. The zero-order valence-electron chi connectivity index (χ0n) is 15.0. The molecular weight excluding hydrogens is 306 g/mol. The van der Waals surface area contributed by atoms with E-state index in [1.54, 1.807) is 0 Å². The van der Waals surface area contributed by atoms with Crippen LogP contribution in [-0.4, -0.2) is 26.0 Å². The average molecular weight is 334 g/mol. The standard InChI is InChI=1S/C18H27NO3Si/c1-13(2)23(5,6)22-15-8-9-16-14(7-10-18(20)21-4)12-19(3)17(16)11-15/h8-9,11-13H,7,10H2,1-6H3. The van der Waals surface area contributed by atoms with Crippen LogP contribution in [0.1, 0.15) is 25.8 Å². The lowest BCUT2D eigenvalue weighted by atomic mass is 10.1. The number of hydrogen-bond donors (Lipinski definition) is 0. The monoisotopic (exact) mass is 333 g/mol. The molecule has 0 aliphatic heterocycles. The highest BCUT2D eigenvalue weighted by Crippen LogP contribution is 2.30. The topological polar surface area (TPSA) is 40.5 Å². The Morgan fingerprint density at radius 1 is 1.30 bits per heavy atom. The van der Waals surface area contributed by atoms with Crippen LogP contribution >= 0.6 is 0 Å². The summed E-state index contributed by atoms with van der Waals surface area (Å²) < 4.78 is 13.1. The summed E-state index contributed by atoms with van der Waals surface area (Å²) in [5.41, 5.74) is 2.86. The van der Waals surface area contributed by atoms with Crippen LogP contribution in [0.25, 0.3) is 10.9 Å². The van der Waals surface area contributed by atoms with Crippen molar-refractivity contribution in [3.63, 3.8) is 0 Å². The van der Waals surface area contributed by atoms with Crippen LogP contribution in [0.15, 0.2) is 24.4 Å². The molecule has 0 radical (unpaired) electrons. The van der Waals surface area contributed by atoms with Crippen molar-refractivity contribution in [2.75, 3.05) is 7.11 Å². The number of hydrogen-bond acceptors (Lipinski definition) is 3.